The van der Waals surface area contributed by atoms with Gasteiger partial charge in [0.05, 0.1) is 16.8 Å². The summed E-state index contributed by atoms with van der Waals surface area (Å²) in [7, 11) is 0. The second kappa shape index (κ2) is 5.88. The lowest BCUT2D eigenvalue weighted by molar-refractivity contribution is 0.0692. The zero-order valence-electron chi connectivity index (χ0n) is 10.7. The van der Waals surface area contributed by atoms with E-state index < -0.39 is 11.9 Å². The molecule has 0 aliphatic carbocycles. The van der Waals surface area contributed by atoms with E-state index in [0.29, 0.717) is 5.69 Å². The van der Waals surface area contributed by atoms with Crippen molar-refractivity contribution < 1.29 is 14.7 Å². The minimum atomic E-state index is -1.13. The third-order valence-corrected chi connectivity index (χ3v) is 3.43. The van der Waals surface area contributed by atoms with Gasteiger partial charge in [-0.2, -0.15) is 0 Å². The van der Waals surface area contributed by atoms with Crippen LogP contribution in [-0.4, -0.2) is 17.0 Å². The van der Waals surface area contributed by atoms with Crippen LogP contribution in [0.5, 0.6) is 0 Å². The van der Waals surface area contributed by atoms with Gasteiger partial charge in [-0.3, -0.25) is 4.79 Å². The van der Waals surface area contributed by atoms with E-state index in [1.54, 1.807) is 18.2 Å². The van der Waals surface area contributed by atoms with Crippen LogP contribution in [0.25, 0.3) is 0 Å². The maximum atomic E-state index is 12.2. The number of carboxylic acids is 1. The first-order chi connectivity index (χ1) is 9.49. The van der Waals surface area contributed by atoms with Gasteiger partial charge in [-0.05, 0) is 52.7 Å². The van der Waals surface area contributed by atoms with Crippen LogP contribution >= 0.6 is 15.9 Å². The number of carbonyl (C=O) groups excluding carboxylic acids is 1. The molecule has 0 aromatic heterocycles. The monoisotopic (exact) mass is 333 g/mol. The molecule has 1 amide bonds. The van der Waals surface area contributed by atoms with E-state index in [2.05, 4.69) is 21.2 Å². The summed E-state index contributed by atoms with van der Waals surface area (Å²) in [4.78, 5) is 23.3. The molecule has 5 heteroatoms. The van der Waals surface area contributed by atoms with Gasteiger partial charge in [-0.1, -0.05) is 18.2 Å². The molecular weight excluding hydrogens is 322 g/mol. The molecule has 0 unspecified atom stereocenters. The molecule has 2 rings (SSSR count). The SMILES string of the molecule is Cc1ccc(NC(=O)c2ccccc2C(=O)O)c(Br)c1. The largest absolute Gasteiger partial charge is 0.478 e. The van der Waals surface area contributed by atoms with Gasteiger partial charge in [-0.15, -0.1) is 0 Å². The average molecular weight is 334 g/mol. The summed E-state index contributed by atoms with van der Waals surface area (Å²) in [6.07, 6.45) is 0. The number of benzene rings is 2. The zero-order valence-corrected chi connectivity index (χ0v) is 12.3. The zero-order chi connectivity index (χ0) is 14.7. The fourth-order valence-corrected chi connectivity index (χ4v) is 2.37. The molecule has 0 saturated carbocycles. The molecule has 0 saturated heterocycles. The maximum Gasteiger partial charge on any atom is 0.336 e. The van der Waals surface area contributed by atoms with Gasteiger partial charge in [0, 0.05) is 4.47 Å². The van der Waals surface area contributed by atoms with Crippen LogP contribution in [0.3, 0.4) is 0 Å². The quantitative estimate of drug-likeness (QED) is 0.899. The van der Waals surface area contributed by atoms with Crippen LogP contribution in [0.1, 0.15) is 26.3 Å². The number of aromatic carboxylic acids is 1. The number of rotatable bonds is 3. The fraction of sp³-hybridized carbons (Fsp3) is 0.0667. The lowest BCUT2D eigenvalue weighted by Crippen LogP contribution is -2.16. The van der Waals surface area contributed by atoms with Crippen molar-refractivity contribution >= 4 is 33.5 Å². The molecule has 0 atom stereocenters. The van der Waals surface area contributed by atoms with Crippen LogP contribution in [-0.2, 0) is 0 Å². The topological polar surface area (TPSA) is 66.4 Å². The van der Waals surface area contributed by atoms with E-state index in [-0.39, 0.29) is 11.1 Å². The van der Waals surface area contributed by atoms with E-state index in [0.717, 1.165) is 10.0 Å². The van der Waals surface area contributed by atoms with E-state index >= 15 is 0 Å². The number of halogens is 1. The van der Waals surface area contributed by atoms with Gasteiger partial charge < -0.3 is 10.4 Å². The van der Waals surface area contributed by atoms with E-state index in [9.17, 15) is 9.59 Å². The Labute approximate surface area is 124 Å². The van der Waals surface area contributed by atoms with E-state index in [1.165, 1.54) is 12.1 Å². The Kier molecular flexibility index (Phi) is 4.20. The van der Waals surface area contributed by atoms with Crippen LogP contribution < -0.4 is 5.32 Å². The van der Waals surface area contributed by atoms with Crippen LogP contribution in [0.2, 0.25) is 0 Å². The number of nitrogens with one attached hydrogen (secondary N) is 1. The average Bonchev–Trinajstić information content (AvgIpc) is 2.41. The number of amides is 1. The van der Waals surface area contributed by atoms with Crippen molar-refractivity contribution in [1.29, 1.82) is 0 Å². The van der Waals surface area contributed by atoms with Crippen LogP contribution in [0.4, 0.5) is 5.69 Å². The lowest BCUT2D eigenvalue weighted by atomic mass is 10.1. The predicted molar refractivity (Wildman–Crippen MR) is 80.2 cm³/mol. The van der Waals surface area contributed by atoms with Crippen molar-refractivity contribution in [3.8, 4) is 0 Å². The molecule has 0 aliphatic heterocycles. The van der Waals surface area contributed by atoms with Crippen molar-refractivity contribution in [2.75, 3.05) is 5.32 Å². The highest BCUT2D eigenvalue weighted by Crippen LogP contribution is 2.24. The molecule has 102 valence electrons. The second-order valence-electron chi connectivity index (χ2n) is 4.29. The minimum absolute atomic E-state index is 0.0202. The normalized spacial score (nSPS) is 10.1. The molecule has 0 fully saturated rings. The Balaban J connectivity index is 2.31. The van der Waals surface area contributed by atoms with Gasteiger partial charge in [0.25, 0.3) is 5.91 Å². The number of anilines is 1. The summed E-state index contributed by atoms with van der Waals surface area (Å²) in [5, 5.41) is 11.8. The smallest absolute Gasteiger partial charge is 0.336 e. The highest BCUT2D eigenvalue weighted by molar-refractivity contribution is 9.10. The molecule has 0 spiro atoms. The fourth-order valence-electron chi connectivity index (χ4n) is 1.78. The standard InChI is InChI=1S/C15H12BrNO3/c1-9-6-7-13(12(16)8-9)17-14(18)10-4-2-3-5-11(10)15(19)20/h2-8H,1H3,(H,17,18)(H,19,20). The summed E-state index contributed by atoms with van der Waals surface area (Å²) >= 11 is 3.36. The van der Waals surface area contributed by atoms with Gasteiger partial charge >= 0.3 is 5.97 Å². The Morgan fingerprint density at radius 2 is 1.75 bits per heavy atom. The minimum Gasteiger partial charge on any atom is -0.478 e. The number of carboxylic acid groups (broad SMARTS) is 1. The van der Waals surface area contributed by atoms with Crippen molar-refractivity contribution in [2.24, 2.45) is 0 Å². The third-order valence-electron chi connectivity index (χ3n) is 2.77. The van der Waals surface area contributed by atoms with Crippen molar-refractivity contribution in [3.63, 3.8) is 0 Å². The Morgan fingerprint density at radius 1 is 1.10 bits per heavy atom. The number of hydrogen-bond acceptors (Lipinski definition) is 2. The molecule has 20 heavy (non-hydrogen) atoms. The van der Waals surface area contributed by atoms with Gasteiger partial charge in [0.15, 0.2) is 0 Å². The van der Waals surface area contributed by atoms with Gasteiger partial charge in [0.2, 0.25) is 0 Å². The summed E-state index contributed by atoms with van der Waals surface area (Å²) in [5.41, 5.74) is 1.77. The van der Waals surface area contributed by atoms with Gasteiger partial charge in [-0.25, -0.2) is 4.79 Å². The summed E-state index contributed by atoms with van der Waals surface area (Å²) in [6.45, 7) is 1.94. The predicted octanol–water partition coefficient (Wildman–Crippen LogP) is 3.71. The Bertz CT molecular complexity index is 683. The highest BCUT2D eigenvalue weighted by Gasteiger charge is 2.16. The van der Waals surface area contributed by atoms with E-state index in [1.807, 2.05) is 19.1 Å². The molecule has 0 aliphatic rings. The van der Waals surface area contributed by atoms with E-state index in [4.69, 9.17) is 5.11 Å². The Hall–Kier alpha value is -2.14. The molecule has 4 nitrogen and oxygen atoms in total. The van der Waals surface area contributed by atoms with Crippen LogP contribution in [0, 0.1) is 6.92 Å². The molecular formula is C15H12BrNO3. The molecule has 2 N–H and O–H groups in total. The lowest BCUT2D eigenvalue weighted by Gasteiger charge is -2.09. The molecule has 2 aromatic rings. The molecule has 2 aromatic carbocycles. The first kappa shape index (κ1) is 14.3. The number of aryl methyl sites for hydroxylation is 1. The highest BCUT2D eigenvalue weighted by atomic mass is 79.9. The summed E-state index contributed by atoms with van der Waals surface area (Å²) < 4.78 is 0.749. The molecule has 0 radical (unpaired) electrons. The third kappa shape index (κ3) is 3.05. The summed E-state index contributed by atoms with van der Waals surface area (Å²) in [6, 6.07) is 11.6. The Morgan fingerprint density at radius 3 is 2.35 bits per heavy atom. The maximum absolute atomic E-state index is 12.2. The first-order valence-corrected chi connectivity index (χ1v) is 6.68. The second-order valence-corrected chi connectivity index (χ2v) is 5.14. The van der Waals surface area contributed by atoms with Crippen molar-refractivity contribution in [1.82, 2.24) is 0 Å². The number of carbonyl (C=O) groups is 2. The first-order valence-electron chi connectivity index (χ1n) is 5.89. The summed E-state index contributed by atoms with van der Waals surface area (Å²) in [5.74, 6) is -1.58. The number of hydrogen-bond donors (Lipinski definition) is 2. The van der Waals surface area contributed by atoms with Gasteiger partial charge in [0.1, 0.15) is 0 Å². The van der Waals surface area contributed by atoms with Crippen molar-refractivity contribution in [2.45, 2.75) is 6.92 Å². The van der Waals surface area contributed by atoms with Crippen LogP contribution in [0.15, 0.2) is 46.9 Å². The van der Waals surface area contributed by atoms with Crippen molar-refractivity contribution in [3.05, 3.63) is 63.6 Å². The molecule has 0 heterocycles. The molecule has 0 bridgehead atoms.